The van der Waals surface area contributed by atoms with E-state index in [1.165, 1.54) is 25.3 Å². The maximum absolute atomic E-state index is 12.2. The van der Waals surface area contributed by atoms with E-state index in [-0.39, 0.29) is 16.8 Å². The summed E-state index contributed by atoms with van der Waals surface area (Å²) < 4.78 is 32.1. The van der Waals surface area contributed by atoms with Crippen molar-refractivity contribution in [2.24, 2.45) is 5.41 Å². The van der Waals surface area contributed by atoms with Crippen molar-refractivity contribution < 1.29 is 17.9 Å². The molecule has 0 bridgehead atoms. The number of amides is 1. The summed E-state index contributed by atoms with van der Waals surface area (Å²) in [5.41, 5.74) is -0.273. The monoisotopic (exact) mass is 328 g/mol. The first kappa shape index (κ1) is 18.4. The van der Waals surface area contributed by atoms with E-state index in [4.69, 9.17) is 4.74 Å². The Kier molecular flexibility index (Phi) is 5.59. The number of hydrogen-bond acceptors (Lipinski definition) is 4. The van der Waals surface area contributed by atoms with E-state index in [1.807, 2.05) is 0 Å². The van der Waals surface area contributed by atoms with E-state index >= 15 is 0 Å². The molecule has 0 aromatic heterocycles. The molecule has 1 aromatic rings. The van der Waals surface area contributed by atoms with Gasteiger partial charge in [0.2, 0.25) is 15.9 Å². The van der Waals surface area contributed by atoms with E-state index in [9.17, 15) is 13.2 Å². The highest BCUT2D eigenvalue weighted by Crippen LogP contribution is 2.29. The standard InChI is InChI=1S/C15H24N2O4S/c1-10(2)17-22(19,20)11-7-8-13(21-6)12(9-11)16-14(18)15(3,4)5/h7-10,17H,1-6H3,(H,16,18). The molecule has 124 valence electrons. The third-order valence-corrected chi connectivity index (χ3v) is 4.46. The van der Waals surface area contributed by atoms with Crippen molar-refractivity contribution in [3.63, 3.8) is 0 Å². The molecule has 0 aliphatic heterocycles. The number of benzene rings is 1. The summed E-state index contributed by atoms with van der Waals surface area (Å²) in [6.07, 6.45) is 0. The van der Waals surface area contributed by atoms with Gasteiger partial charge < -0.3 is 10.1 Å². The first-order chi connectivity index (χ1) is 9.97. The van der Waals surface area contributed by atoms with Gasteiger partial charge in [-0.3, -0.25) is 4.79 Å². The lowest BCUT2D eigenvalue weighted by molar-refractivity contribution is -0.123. The number of ether oxygens (including phenoxy) is 1. The highest BCUT2D eigenvalue weighted by Gasteiger charge is 2.24. The maximum atomic E-state index is 12.2. The zero-order chi connectivity index (χ0) is 17.1. The predicted octanol–water partition coefficient (Wildman–Crippen LogP) is 2.37. The van der Waals surface area contributed by atoms with Gasteiger partial charge in [-0.1, -0.05) is 20.8 Å². The molecule has 1 amide bonds. The lowest BCUT2D eigenvalue weighted by Crippen LogP contribution is -2.30. The van der Waals surface area contributed by atoms with Gasteiger partial charge in [0.15, 0.2) is 0 Å². The van der Waals surface area contributed by atoms with E-state index in [0.717, 1.165) is 0 Å². The molecule has 0 fully saturated rings. The van der Waals surface area contributed by atoms with Gasteiger partial charge in [-0.05, 0) is 32.0 Å². The molecule has 0 aliphatic rings. The topological polar surface area (TPSA) is 84.5 Å². The molecule has 6 nitrogen and oxygen atoms in total. The Bertz CT molecular complexity index is 646. The van der Waals surface area contributed by atoms with Crippen molar-refractivity contribution in [2.45, 2.75) is 45.6 Å². The van der Waals surface area contributed by atoms with Crippen LogP contribution >= 0.6 is 0 Å². The quantitative estimate of drug-likeness (QED) is 0.869. The van der Waals surface area contributed by atoms with Crippen molar-refractivity contribution in [1.82, 2.24) is 4.72 Å². The zero-order valence-electron chi connectivity index (χ0n) is 13.9. The molecule has 0 heterocycles. The summed E-state index contributed by atoms with van der Waals surface area (Å²) in [4.78, 5) is 12.2. The van der Waals surface area contributed by atoms with Crippen molar-refractivity contribution in [3.05, 3.63) is 18.2 Å². The molecule has 0 saturated carbocycles. The third kappa shape index (κ3) is 4.71. The van der Waals surface area contributed by atoms with E-state index in [1.54, 1.807) is 34.6 Å². The van der Waals surface area contributed by atoms with Crippen molar-refractivity contribution >= 4 is 21.6 Å². The number of sulfonamides is 1. The van der Waals surface area contributed by atoms with E-state index in [2.05, 4.69) is 10.0 Å². The van der Waals surface area contributed by atoms with E-state index in [0.29, 0.717) is 11.4 Å². The minimum Gasteiger partial charge on any atom is -0.495 e. The van der Waals surface area contributed by atoms with Crippen LogP contribution in [0.1, 0.15) is 34.6 Å². The first-order valence-corrected chi connectivity index (χ1v) is 8.47. The number of nitrogens with one attached hydrogen (secondary N) is 2. The van der Waals surface area contributed by atoms with Crippen LogP contribution in [0.2, 0.25) is 0 Å². The molecular weight excluding hydrogens is 304 g/mol. The Morgan fingerprint density at radius 3 is 2.27 bits per heavy atom. The SMILES string of the molecule is COc1ccc(S(=O)(=O)NC(C)C)cc1NC(=O)C(C)(C)C. The number of carbonyl (C=O) groups excluding carboxylic acids is 1. The smallest absolute Gasteiger partial charge is 0.240 e. The number of carbonyl (C=O) groups is 1. The van der Waals surface area contributed by atoms with Gasteiger partial charge in [-0.2, -0.15) is 0 Å². The van der Waals surface area contributed by atoms with Gasteiger partial charge in [-0.15, -0.1) is 0 Å². The first-order valence-electron chi connectivity index (χ1n) is 6.99. The molecule has 0 radical (unpaired) electrons. The third-order valence-electron chi connectivity index (χ3n) is 2.80. The minimum atomic E-state index is -3.64. The summed E-state index contributed by atoms with van der Waals surface area (Å²) in [5.74, 6) is 0.179. The molecule has 0 spiro atoms. The van der Waals surface area contributed by atoms with Crippen LogP contribution < -0.4 is 14.8 Å². The van der Waals surface area contributed by atoms with Crippen LogP contribution in [-0.4, -0.2) is 27.5 Å². The van der Waals surface area contributed by atoms with Crippen molar-refractivity contribution in [3.8, 4) is 5.75 Å². The Morgan fingerprint density at radius 1 is 1.23 bits per heavy atom. The molecular formula is C15H24N2O4S. The Balaban J connectivity index is 3.22. The normalized spacial score (nSPS) is 12.3. The largest absolute Gasteiger partial charge is 0.495 e. The van der Waals surface area contributed by atoms with Crippen LogP contribution in [0.5, 0.6) is 5.75 Å². The molecule has 0 atom stereocenters. The summed E-state index contributed by atoms with van der Waals surface area (Å²) in [5, 5.41) is 2.71. The van der Waals surface area contributed by atoms with Crippen LogP contribution in [0.4, 0.5) is 5.69 Å². The predicted molar refractivity (Wildman–Crippen MR) is 86.5 cm³/mol. The summed E-state index contributed by atoms with van der Waals surface area (Å²) >= 11 is 0. The number of methoxy groups -OCH3 is 1. The average Bonchev–Trinajstić information content (AvgIpc) is 2.35. The second-order valence-corrected chi connectivity index (χ2v) is 8.06. The van der Waals surface area contributed by atoms with Crippen molar-refractivity contribution in [2.75, 3.05) is 12.4 Å². The van der Waals surface area contributed by atoms with Gasteiger partial charge in [-0.25, -0.2) is 13.1 Å². The maximum Gasteiger partial charge on any atom is 0.240 e. The molecule has 0 unspecified atom stereocenters. The summed E-state index contributed by atoms with van der Waals surface area (Å²) in [6, 6.07) is 4.14. The molecule has 2 N–H and O–H groups in total. The second-order valence-electron chi connectivity index (χ2n) is 6.34. The van der Waals surface area contributed by atoms with Crippen molar-refractivity contribution in [1.29, 1.82) is 0 Å². The fourth-order valence-electron chi connectivity index (χ4n) is 1.64. The Labute approximate surface area is 132 Å². The van der Waals surface area contributed by atoms with Gasteiger partial charge in [0.05, 0.1) is 17.7 Å². The van der Waals surface area contributed by atoms with Gasteiger partial charge in [0.1, 0.15) is 5.75 Å². The van der Waals surface area contributed by atoms with E-state index < -0.39 is 15.4 Å². The highest BCUT2D eigenvalue weighted by atomic mass is 32.2. The van der Waals surface area contributed by atoms with Crippen LogP contribution in [0.15, 0.2) is 23.1 Å². The van der Waals surface area contributed by atoms with Crippen LogP contribution in [-0.2, 0) is 14.8 Å². The Hall–Kier alpha value is -1.60. The molecule has 0 saturated heterocycles. The second kappa shape index (κ2) is 6.66. The minimum absolute atomic E-state index is 0.0752. The summed E-state index contributed by atoms with van der Waals surface area (Å²) in [7, 11) is -2.17. The summed E-state index contributed by atoms with van der Waals surface area (Å²) in [6.45, 7) is 8.80. The Morgan fingerprint density at radius 2 is 1.82 bits per heavy atom. The fourth-order valence-corrected chi connectivity index (χ4v) is 2.92. The van der Waals surface area contributed by atoms with Crippen LogP contribution in [0, 0.1) is 5.41 Å². The fraction of sp³-hybridized carbons (Fsp3) is 0.533. The molecule has 0 aliphatic carbocycles. The average molecular weight is 328 g/mol. The van der Waals surface area contributed by atoms with Gasteiger partial charge in [0.25, 0.3) is 0 Å². The number of hydrogen-bond donors (Lipinski definition) is 2. The zero-order valence-corrected chi connectivity index (χ0v) is 14.7. The lowest BCUT2D eigenvalue weighted by atomic mass is 9.95. The lowest BCUT2D eigenvalue weighted by Gasteiger charge is -2.19. The van der Waals surface area contributed by atoms with Crippen LogP contribution in [0.3, 0.4) is 0 Å². The number of anilines is 1. The van der Waals surface area contributed by atoms with Crippen LogP contribution in [0.25, 0.3) is 0 Å². The highest BCUT2D eigenvalue weighted by molar-refractivity contribution is 7.89. The van der Waals surface area contributed by atoms with Gasteiger partial charge >= 0.3 is 0 Å². The van der Waals surface area contributed by atoms with Gasteiger partial charge in [0, 0.05) is 11.5 Å². The molecule has 7 heteroatoms. The number of rotatable bonds is 5. The molecule has 1 aromatic carbocycles. The molecule has 1 rings (SSSR count). The molecule has 22 heavy (non-hydrogen) atoms.